The van der Waals surface area contributed by atoms with E-state index in [4.69, 9.17) is 10.5 Å². The van der Waals surface area contributed by atoms with Gasteiger partial charge in [0.2, 0.25) is 0 Å². The van der Waals surface area contributed by atoms with Crippen molar-refractivity contribution in [2.45, 2.75) is 19.0 Å². The molecular weight excluding hydrogens is 233 g/mol. The van der Waals surface area contributed by atoms with E-state index in [1.165, 1.54) is 7.11 Å². The summed E-state index contributed by atoms with van der Waals surface area (Å²) in [5.41, 5.74) is 6.77. The van der Waals surface area contributed by atoms with Crippen molar-refractivity contribution >= 4 is 11.4 Å². The highest BCUT2D eigenvalue weighted by atomic mass is 19.4. The highest BCUT2D eigenvalue weighted by molar-refractivity contribution is 5.68. The Morgan fingerprint density at radius 2 is 2.06 bits per heavy atom. The summed E-state index contributed by atoms with van der Waals surface area (Å²) in [5, 5.41) is 2.86. The predicted octanol–water partition coefficient (Wildman–Crippen LogP) is 3.03. The van der Waals surface area contributed by atoms with Crippen molar-refractivity contribution in [3.05, 3.63) is 18.2 Å². The molecule has 3 N–H and O–H groups in total. The number of rotatable bonds is 5. The molecule has 0 aliphatic carbocycles. The fraction of sp³-hybridized carbons (Fsp3) is 0.455. The largest absolute Gasteiger partial charge is 0.497 e. The zero-order valence-electron chi connectivity index (χ0n) is 9.47. The van der Waals surface area contributed by atoms with E-state index in [-0.39, 0.29) is 13.0 Å². The fourth-order valence-electron chi connectivity index (χ4n) is 1.34. The maximum Gasteiger partial charge on any atom is 0.389 e. The number of nitrogen functional groups attached to an aromatic ring is 1. The number of halogens is 3. The first-order valence-electron chi connectivity index (χ1n) is 5.16. The molecule has 1 aromatic rings. The average Bonchev–Trinajstić information content (AvgIpc) is 2.24. The maximum absolute atomic E-state index is 11.9. The van der Waals surface area contributed by atoms with E-state index >= 15 is 0 Å². The molecule has 1 rings (SSSR count). The van der Waals surface area contributed by atoms with Crippen molar-refractivity contribution in [2.75, 3.05) is 24.7 Å². The van der Waals surface area contributed by atoms with Crippen LogP contribution in [-0.2, 0) is 0 Å². The zero-order valence-corrected chi connectivity index (χ0v) is 9.47. The maximum atomic E-state index is 11.9. The van der Waals surface area contributed by atoms with Gasteiger partial charge in [0, 0.05) is 19.0 Å². The van der Waals surface area contributed by atoms with Crippen molar-refractivity contribution in [1.29, 1.82) is 0 Å². The Morgan fingerprint density at radius 3 is 2.59 bits per heavy atom. The lowest BCUT2D eigenvalue weighted by molar-refractivity contribution is -0.134. The van der Waals surface area contributed by atoms with Gasteiger partial charge in [-0.05, 0) is 18.6 Å². The molecule has 0 unspecified atom stereocenters. The van der Waals surface area contributed by atoms with Crippen LogP contribution in [0, 0.1) is 0 Å². The minimum absolute atomic E-state index is 0.0228. The van der Waals surface area contributed by atoms with Crippen LogP contribution in [0.4, 0.5) is 24.5 Å². The first-order valence-corrected chi connectivity index (χ1v) is 5.16. The molecule has 0 aliphatic rings. The molecule has 0 atom stereocenters. The molecule has 0 heterocycles. The van der Waals surface area contributed by atoms with E-state index in [0.29, 0.717) is 17.1 Å². The summed E-state index contributed by atoms with van der Waals surface area (Å²) in [4.78, 5) is 0. The molecule has 0 spiro atoms. The Kier molecular flexibility index (Phi) is 4.48. The number of ether oxygens (including phenoxy) is 1. The monoisotopic (exact) mass is 248 g/mol. The van der Waals surface area contributed by atoms with Crippen LogP contribution < -0.4 is 15.8 Å². The summed E-state index contributed by atoms with van der Waals surface area (Å²) in [6.45, 7) is 0.232. The van der Waals surface area contributed by atoms with Gasteiger partial charge in [-0.2, -0.15) is 13.2 Å². The lowest BCUT2D eigenvalue weighted by atomic mass is 10.2. The Bertz CT molecular complexity index is 366. The van der Waals surface area contributed by atoms with Crippen LogP contribution in [0.2, 0.25) is 0 Å². The molecule has 0 bridgehead atoms. The molecular formula is C11H15F3N2O. The molecule has 0 amide bonds. The highest BCUT2D eigenvalue weighted by Crippen LogP contribution is 2.25. The summed E-state index contributed by atoms with van der Waals surface area (Å²) in [5.74, 6) is 0.614. The van der Waals surface area contributed by atoms with E-state index < -0.39 is 12.6 Å². The van der Waals surface area contributed by atoms with E-state index in [2.05, 4.69) is 5.32 Å². The Morgan fingerprint density at radius 1 is 1.35 bits per heavy atom. The molecule has 1 aromatic carbocycles. The predicted molar refractivity (Wildman–Crippen MR) is 61.2 cm³/mol. The summed E-state index contributed by atoms with van der Waals surface area (Å²) in [6, 6.07) is 5.00. The quantitative estimate of drug-likeness (QED) is 0.622. The van der Waals surface area contributed by atoms with Gasteiger partial charge in [0.25, 0.3) is 0 Å². The topological polar surface area (TPSA) is 47.3 Å². The normalized spacial score (nSPS) is 11.3. The second-order valence-corrected chi connectivity index (χ2v) is 3.60. The number of benzene rings is 1. The Hall–Kier alpha value is -1.59. The van der Waals surface area contributed by atoms with Gasteiger partial charge in [0.1, 0.15) is 5.75 Å². The molecule has 0 aromatic heterocycles. The number of nitrogens with one attached hydrogen (secondary N) is 1. The van der Waals surface area contributed by atoms with Crippen molar-refractivity contribution in [2.24, 2.45) is 0 Å². The molecule has 3 nitrogen and oxygen atoms in total. The standard InChI is InChI=1S/C11H15F3N2O/c1-17-8-3-4-10(9(15)7-8)16-6-2-5-11(12,13)14/h3-4,7,16H,2,5-6,15H2,1H3. The van der Waals surface area contributed by atoms with Gasteiger partial charge >= 0.3 is 6.18 Å². The molecule has 0 fully saturated rings. The number of hydrogen-bond acceptors (Lipinski definition) is 3. The van der Waals surface area contributed by atoms with E-state index in [9.17, 15) is 13.2 Å². The van der Waals surface area contributed by atoms with Crippen LogP contribution in [0.15, 0.2) is 18.2 Å². The summed E-state index contributed by atoms with van der Waals surface area (Å²) < 4.78 is 40.6. The van der Waals surface area contributed by atoms with E-state index in [0.717, 1.165) is 0 Å². The molecule has 0 saturated carbocycles. The first kappa shape index (κ1) is 13.5. The van der Waals surface area contributed by atoms with Gasteiger partial charge in [-0.15, -0.1) is 0 Å². The van der Waals surface area contributed by atoms with E-state index in [1.54, 1.807) is 18.2 Å². The smallest absolute Gasteiger partial charge is 0.389 e. The van der Waals surface area contributed by atoms with Crippen LogP contribution in [0.3, 0.4) is 0 Å². The van der Waals surface area contributed by atoms with Crippen LogP contribution in [-0.4, -0.2) is 19.8 Å². The molecule has 6 heteroatoms. The van der Waals surface area contributed by atoms with Crippen LogP contribution in [0.5, 0.6) is 5.75 Å². The Balaban J connectivity index is 2.42. The molecule has 0 radical (unpaired) electrons. The number of anilines is 2. The number of alkyl halides is 3. The summed E-state index contributed by atoms with van der Waals surface area (Å²) in [7, 11) is 1.52. The average molecular weight is 248 g/mol. The third-order valence-corrected chi connectivity index (χ3v) is 2.21. The van der Waals surface area contributed by atoms with Gasteiger partial charge in [0.15, 0.2) is 0 Å². The lowest BCUT2D eigenvalue weighted by Crippen LogP contribution is -2.11. The van der Waals surface area contributed by atoms with Crippen molar-refractivity contribution in [3.63, 3.8) is 0 Å². The molecule has 17 heavy (non-hydrogen) atoms. The van der Waals surface area contributed by atoms with Gasteiger partial charge in [0.05, 0.1) is 18.5 Å². The second kappa shape index (κ2) is 5.65. The summed E-state index contributed by atoms with van der Waals surface area (Å²) >= 11 is 0. The van der Waals surface area contributed by atoms with Gasteiger partial charge in [-0.1, -0.05) is 0 Å². The summed E-state index contributed by atoms with van der Waals surface area (Å²) in [6.07, 6.45) is -4.88. The lowest BCUT2D eigenvalue weighted by Gasteiger charge is -2.11. The Labute approximate surface area is 97.8 Å². The zero-order chi connectivity index (χ0) is 12.9. The van der Waals surface area contributed by atoms with E-state index in [1.807, 2.05) is 0 Å². The third kappa shape index (κ3) is 4.84. The molecule has 96 valence electrons. The second-order valence-electron chi connectivity index (χ2n) is 3.60. The van der Waals surface area contributed by atoms with Crippen LogP contribution in [0.25, 0.3) is 0 Å². The van der Waals surface area contributed by atoms with Crippen molar-refractivity contribution < 1.29 is 17.9 Å². The van der Waals surface area contributed by atoms with Crippen molar-refractivity contribution in [1.82, 2.24) is 0 Å². The first-order chi connectivity index (χ1) is 7.92. The number of hydrogen-bond donors (Lipinski definition) is 2. The highest BCUT2D eigenvalue weighted by Gasteiger charge is 2.25. The third-order valence-electron chi connectivity index (χ3n) is 2.21. The van der Waals surface area contributed by atoms with Crippen molar-refractivity contribution in [3.8, 4) is 5.75 Å². The minimum Gasteiger partial charge on any atom is -0.497 e. The van der Waals surface area contributed by atoms with Crippen LogP contribution in [0.1, 0.15) is 12.8 Å². The minimum atomic E-state index is -4.10. The fourth-order valence-corrected chi connectivity index (χ4v) is 1.34. The SMILES string of the molecule is COc1ccc(NCCCC(F)(F)F)c(N)c1. The number of methoxy groups -OCH3 is 1. The van der Waals surface area contributed by atoms with Crippen LogP contribution >= 0.6 is 0 Å². The van der Waals surface area contributed by atoms with Gasteiger partial charge in [-0.25, -0.2) is 0 Å². The molecule has 0 aliphatic heterocycles. The van der Waals surface area contributed by atoms with Gasteiger partial charge in [-0.3, -0.25) is 0 Å². The van der Waals surface area contributed by atoms with Gasteiger partial charge < -0.3 is 15.8 Å². The molecule has 0 saturated heterocycles. The number of nitrogens with two attached hydrogens (primary N) is 1.